The fraction of sp³-hybridized carbons (Fsp3) is 1.00. The molecule has 0 aromatic heterocycles. The second-order valence-electron chi connectivity index (χ2n) is 4.72. The van der Waals surface area contributed by atoms with Gasteiger partial charge in [0.2, 0.25) is 0 Å². The second-order valence-corrected chi connectivity index (χ2v) is 4.72. The Kier molecular flexibility index (Phi) is 4.90. The van der Waals surface area contributed by atoms with Gasteiger partial charge in [0.25, 0.3) is 0 Å². The molecule has 15 heavy (non-hydrogen) atoms. The van der Waals surface area contributed by atoms with Crippen LogP contribution in [0, 0.1) is 0 Å². The van der Waals surface area contributed by atoms with Crippen molar-refractivity contribution in [2.75, 3.05) is 39.3 Å². The van der Waals surface area contributed by atoms with Gasteiger partial charge in [-0.15, -0.1) is 0 Å². The summed E-state index contributed by atoms with van der Waals surface area (Å²) in [5.41, 5.74) is 0. The average Bonchev–Trinajstić information content (AvgIpc) is 2.56. The first kappa shape index (κ1) is 11.4. The van der Waals surface area contributed by atoms with Crippen LogP contribution in [0.2, 0.25) is 0 Å². The zero-order chi connectivity index (χ0) is 10.3. The third-order valence-electron chi connectivity index (χ3n) is 3.47. The van der Waals surface area contributed by atoms with Crippen LogP contribution in [0.1, 0.15) is 32.1 Å². The van der Waals surface area contributed by atoms with E-state index < -0.39 is 0 Å². The number of rotatable bonds is 3. The summed E-state index contributed by atoms with van der Waals surface area (Å²) in [6, 6.07) is 0. The van der Waals surface area contributed by atoms with Crippen LogP contribution in [-0.4, -0.2) is 50.3 Å². The van der Waals surface area contributed by atoms with E-state index in [1.165, 1.54) is 58.3 Å². The summed E-state index contributed by atoms with van der Waals surface area (Å²) in [6.07, 6.45) is 7.00. The maximum atomic E-state index is 5.76. The summed E-state index contributed by atoms with van der Waals surface area (Å²) in [4.78, 5) is 2.58. The van der Waals surface area contributed by atoms with Gasteiger partial charge in [0, 0.05) is 26.2 Å². The average molecular weight is 212 g/mol. The van der Waals surface area contributed by atoms with Crippen LogP contribution in [0.3, 0.4) is 0 Å². The summed E-state index contributed by atoms with van der Waals surface area (Å²) >= 11 is 0. The third-order valence-corrected chi connectivity index (χ3v) is 3.47. The van der Waals surface area contributed by atoms with Crippen molar-refractivity contribution in [1.82, 2.24) is 10.2 Å². The first-order valence-electron chi connectivity index (χ1n) is 6.50. The molecule has 0 saturated carbocycles. The van der Waals surface area contributed by atoms with Crippen LogP contribution < -0.4 is 5.32 Å². The molecule has 1 unspecified atom stereocenters. The fourth-order valence-electron chi connectivity index (χ4n) is 2.49. The van der Waals surface area contributed by atoms with Crippen molar-refractivity contribution in [3.8, 4) is 0 Å². The monoisotopic (exact) mass is 212 g/mol. The summed E-state index contributed by atoms with van der Waals surface area (Å²) in [5.74, 6) is 0. The standard InChI is InChI=1S/C12H24N2O/c1-2-11-15-12(4-1)5-9-14-8-3-6-13-7-10-14/h12-13H,1-11H2. The number of nitrogens with one attached hydrogen (secondary N) is 1. The second kappa shape index (κ2) is 6.46. The number of nitrogens with zero attached hydrogens (tertiary/aromatic N) is 1. The SMILES string of the molecule is C1CCC(CCN2CCCNCC2)OC1. The van der Waals surface area contributed by atoms with E-state index in [1.807, 2.05) is 0 Å². The minimum atomic E-state index is 0.551. The van der Waals surface area contributed by atoms with E-state index in [4.69, 9.17) is 4.74 Å². The zero-order valence-corrected chi connectivity index (χ0v) is 9.71. The molecular weight excluding hydrogens is 188 g/mol. The van der Waals surface area contributed by atoms with Crippen molar-refractivity contribution in [2.24, 2.45) is 0 Å². The van der Waals surface area contributed by atoms with Crippen molar-refractivity contribution in [3.05, 3.63) is 0 Å². The first-order chi connectivity index (χ1) is 7.45. The summed E-state index contributed by atoms with van der Waals surface area (Å²) in [5, 5.41) is 3.44. The normalized spacial score (nSPS) is 30.0. The first-order valence-corrected chi connectivity index (χ1v) is 6.50. The summed E-state index contributed by atoms with van der Waals surface area (Å²) in [7, 11) is 0. The van der Waals surface area contributed by atoms with Gasteiger partial charge < -0.3 is 15.0 Å². The van der Waals surface area contributed by atoms with E-state index in [9.17, 15) is 0 Å². The molecule has 2 rings (SSSR count). The van der Waals surface area contributed by atoms with E-state index in [0.29, 0.717) is 6.10 Å². The van der Waals surface area contributed by atoms with Crippen LogP contribution in [0.5, 0.6) is 0 Å². The van der Waals surface area contributed by atoms with Gasteiger partial charge in [0.05, 0.1) is 6.10 Å². The molecule has 0 spiro atoms. The molecule has 2 aliphatic rings. The predicted octanol–water partition coefficient (Wildman–Crippen LogP) is 1.24. The highest BCUT2D eigenvalue weighted by molar-refractivity contribution is 4.70. The Labute approximate surface area is 93.2 Å². The van der Waals surface area contributed by atoms with Gasteiger partial charge >= 0.3 is 0 Å². The van der Waals surface area contributed by atoms with Crippen LogP contribution in [0.15, 0.2) is 0 Å². The summed E-state index contributed by atoms with van der Waals surface area (Å²) < 4.78 is 5.76. The predicted molar refractivity (Wildman–Crippen MR) is 62.1 cm³/mol. The molecule has 0 amide bonds. The molecule has 0 radical (unpaired) electrons. The molecule has 0 aromatic carbocycles. The van der Waals surface area contributed by atoms with Gasteiger partial charge in [-0.2, -0.15) is 0 Å². The Morgan fingerprint density at radius 2 is 2.13 bits per heavy atom. The molecule has 0 bridgehead atoms. The van der Waals surface area contributed by atoms with Gasteiger partial charge in [-0.3, -0.25) is 0 Å². The number of ether oxygens (including phenoxy) is 1. The van der Waals surface area contributed by atoms with Crippen molar-refractivity contribution in [3.63, 3.8) is 0 Å². The smallest absolute Gasteiger partial charge is 0.0587 e. The highest BCUT2D eigenvalue weighted by Gasteiger charge is 2.15. The van der Waals surface area contributed by atoms with Gasteiger partial charge in [-0.1, -0.05) is 0 Å². The maximum absolute atomic E-state index is 5.76. The molecule has 88 valence electrons. The van der Waals surface area contributed by atoms with Crippen LogP contribution in [-0.2, 0) is 4.74 Å². The molecule has 1 N–H and O–H groups in total. The summed E-state index contributed by atoms with van der Waals surface area (Å²) in [6.45, 7) is 7.05. The van der Waals surface area contributed by atoms with Gasteiger partial charge in [0.15, 0.2) is 0 Å². The van der Waals surface area contributed by atoms with Crippen molar-refractivity contribution >= 4 is 0 Å². The van der Waals surface area contributed by atoms with E-state index >= 15 is 0 Å². The lowest BCUT2D eigenvalue weighted by atomic mass is 10.1. The van der Waals surface area contributed by atoms with Crippen LogP contribution in [0.4, 0.5) is 0 Å². The molecular formula is C12H24N2O. The van der Waals surface area contributed by atoms with Gasteiger partial charge in [-0.05, 0) is 45.2 Å². The van der Waals surface area contributed by atoms with Crippen LogP contribution in [0.25, 0.3) is 0 Å². The lowest BCUT2D eigenvalue weighted by Crippen LogP contribution is -2.32. The van der Waals surface area contributed by atoms with E-state index in [2.05, 4.69) is 10.2 Å². The molecule has 2 saturated heterocycles. The molecule has 3 nitrogen and oxygen atoms in total. The molecule has 2 aliphatic heterocycles. The van der Waals surface area contributed by atoms with E-state index in [0.717, 1.165) is 13.2 Å². The minimum Gasteiger partial charge on any atom is -0.378 e. The Balaban J connectivity index is 1.62. The molecule has 3 heteroatoms. The third kappa shape index (κ3) is 4.09. The van der Waals surface area contributed by atoms with Gasteiger partial charge in [0.1, 0.15) is 0 Å². The molecule has 2 fully saturated rings. The number of hydrogen-bond acceptors (Lipinski definition) is 3. The van der Waals surface area contributed by atoms with Crippen molar-refractivity contribution in [1.29, 1.82) is 0 Å². The molecule has 1 atom stereocenters. The molecule has 0 aromatic rings. The van der Waals surface area contributed by atoms with Crippen molar-refractivity contribution in [2.45, 2.75) is 38.2 Å². The largest absolute Gasteiger partial charge is 0.378 e. The zero-order valence-electron chi connectivity index (χ0n) is 9.71. The van der Waals surface area contributed by atoms with Crippen molar-refractivity contribution < 1.29 is 4.74 Å². The fourth-order valence-corrected chi connectivity index (χ4v) is 2.49. The highest BCUT2D eigenvalue weighted by Crippen LogP contribution is 2.16. The quantitative estimate of drug-likeness (QED) is 0.762. The maximum Gasteiger partial charge on any atom is 0.0587 e. The lowest BCUT2D eigenvalue weighted by molar-refractivity contribution is 0.00583. The molecule has 0 aliphatic carbocycles. The lowest BCUT2D eigenvalue weighted by Gasteiger charge is -2.26. The number of hydrogen-bond donors (Lipinski definition) is 1. The Hall–Kier alpha value is -0.120. The minimum absolute atomic E-state index is 0.551. The Bertz CT molecular complexity index is 161. The topological polar surface area (TPSA) is 24.5 Å². The van der Waals surface area contributed by atoms with E-state index in [-0.39, 0.29) is 0 Å². The molecule has 2 heterocycles. The van der Waals surface area contributed by atoms with Crippen LogP contribution >= 0.6 is 0 Å². The van der Waals surface area contributed by atoms with E-state index in [1.54, 1.807) is 0 Å². The Morgan fingerprint density at radius 1 is 1.13 bits per heavy atom. The Morgan fingerprint density at radius 3 is 3.00 bits per heavy atom. The highest BCUT2D eigenvalue weighted by atomic mass is 16.5. The van der Waals surface area contributed by atoms with Gasteiger partial charge in [-0.25, -0.2) is 0 Å².